The number of halogens is 3. The summed E-state index contributed by atoms with van der Waals surface area (Å²) in [5.41, 5.74) is 1.32. The minimum absolute atomic E-state index is 0.0997. The van der Waals surface area contributed by atoms with Gasteiger partial charge in [-0.2, -0.15) is 5.26 Å². The second kappa shape index (κ2) is 7.50. The Bertz CT molecular complexity index is 1010. The van der Waals surface area contributed by atoms with Gasteiger partial charge in [0.15, 0.2) is 10.8 Å². The fraction of sp³-hybridized carbons (Fsp3) is 0.0667. The number of amides is 1. The van der Waals surface area contributed by atoms with E-state index in [0.717, 1.165) is 0 Å². The Morgan fingerprint density at radius 1 is 1.24 bits per heavy atom. The first kappa shape index (κ1) is 17.8. The molecule has 0 aliphatic carbocycles. The SMILES string of the molecule is N#Cc1ccc(NC(=O)CSc2nnc3c(Cl)cc(Cl)cn23)cc1Cl. The zero-order chi connectivity index (χ0) is 18.0. The van der Waals surface area contributed by atoms with Crippen LogP contribution < -0.4 is 5.32 Å². The summed E-state index contributed by atoms with van der Waals surface area (Å²) in [5.74, 6) is -0.154. The van der Waals surface area contributed by atoms with Crippen LogP contribution in [0, 0.1) is 11.3 Å². The summed E-state index contributed by atoms with van der Waals surface area (Å²) in [5, 5.41) is 21.1. The van der Waals surface area contributed by atoms with Crippen LogP contribution in [0.3, 0.4) is 0 Å². The molecule has 0 saturated carbocycles. The van der Waals surface area contributed by atoms with Gasteiger partial charge < -0.3 is 5.32 Å². The van der Waals surface area contributed by atoms with Crippen molar-refractivity contribution in [2.45, 2.75) is 5.16 Å². The fourth-order valence-electron chi connectivity index (χ4n) is 2.01. The maximum absolute atomic E-state index is 12.1. The van der Waals surface area contributed by atoms with Crippen molar-refractivity contribution in [1.82, 2.24) is 14.6 Å². The lowest BCUT2D eigenvalue weighted by molar-refractivity contribution is -0.113. The Balaban J connectivity index is 1.69. The van der Waals surface area contributed by atoms with E-state index in [0.29, 0.717) is 32.1 Å². The molecule has 0 aliphatic rings. The van der Waals surface area contributed by atoms with E-state index in [9.17, 15) is 4.79 Å². The number of anilines is 1. The molecule has 0 bridgehead atoms. The second-order valence-electron chi connectivity index (χ2n) is 4.83. The van der Waals surface area contributed by atoms with Crippen molar-refractivity contribution < 1.29 is 4.79 Å². The number of carbonyl (C=O) groups is 1. The number of nitrogens with zero attached hydrogens (tertiary/aromatic N) is 4. The van der Waals surface area contributed by atoms with Gasteiger partial charge in [-0.25, -0.2) is 0 Å². The number of benzene rings is 1. The quantitative estimate of drug-likeness (QED) is 0.646. The molecule has 3 rings (SSSR count). The smallest absolute Gasteiger partial charge is 0.234 e. The minimum atomic E-state index is -0.254. The highest BCUT2D eigenvalue weighted by Crippen LogP contribution is 2.25. The van der Waals surface area contributed by atoms with E-state index < -0.39 is 0 Å². The van der Waals surface area contributed by atoms with Gasteiger partial charge >= 0.3 is 0 Å². The molecule has 2 aromatic heterocycles. The highest BCUT2D eigenvalue weighted by molar-refractivity contribution is 7.99. The number of hydrogen-bond donors (Lipinski definition) is 1. The van der Waals surface area contributed by atoms with Gasteiger partial charge in [0.1, 0.15) is 6.07 Å². The highest BCUT2D eigenvalue weighted by Gasteiger charge is 2.13. The molecule has 0 spiro atoms. The maximum Gasteiger partial charge on any atom is 0.234 e. The zero-order valence-corrected chi connectivity index (χ0v) is 15.4. The summed E-state index contributed by atoms with van der Waals surface area (Å²) in [6, 6.07) is 8.21. The van der Waals surface area contributed by atoms with Gasteiger partial charge in [-0.3, -0.25) is 9.20 Å². The van der Waals surface area contributed by atoms with Crippen LogP contribution >= 0.6 is 46.6 Å². The number of thioether (sulfide) groups is 1. The molecule has 0 atom stereocenters. The standard InChI is InChI=1S/C15H8Cl3N5OS/c16-9-3-12(18)14-21-22-15(23(14)6-9)25-7-13(24)20-10-2-1-8(5-19)11(17)4-10/h1-4,6H,7H2,(H,20,24). The summed E-state index contributed by atoms with van der Waals surface area (Å²) < 4.78 is 1.63. The number of nitrogens with one attached hydrogen (secondary N) is 1. The van der Waals surface area contributed by atoms with Gasteiger partial charge in [-0.05, 0) is 24.3 Å². The number of rotatable bonds is 4. The topological polar surface area (TPSA) is 83.1 Å². The average molecular weight is 413 g/mol. The van der Waals surface area contributed by atoms with E-state index in [1.807, 2.05) is 6.07 Å². The van der Waals surface area contributed by atoms with Crippen molar-refractivity contribution in [2.75, 3.05) is 11.1 Å². The Morgan fingerprint density at radius 3 is 2.76 bits per heavy atom. The largest absolute Gasteiger partial charge is 0.325 e. The third kappa shape index (κ3) is 3.99. The van der Waals surface area contributed by atoms with Crippen molar-refractivity contribution in [2.24, 2.45) is 0 Å². The summed E-state index contributed by atoms with van der Waals surface area (Å²) in [4.78, 5) is 12.1. The zero-order valence-electron chi connectivity index (χ0n) is 12.3. The number of fused-ring (bicyclic) bond motifs is 1. The molecule has 1 aromatic carbocycles. The van der Waals surface area contributed by atoms with Crippen LogP contribution in [-0.2, 0) is 4.79 Å². The minimum Gasteiger partial charge on any atom is -0.325 e. The van der Waals surface area contributed by atoms with Gasteiger partial charge in [0, 0.05) is 11.9 Å². The number of nitriles is 1. The molecule has 3 aromatic rings. The third-order valence-corrected chi connectivity index (χ3v) is 4.84. The lowest BCUT2D eigenvalue weighted by atomic mass is 10.2. The van der Waals surface area contributed by atoms with Crippen molar-refractivity contribution in [3.05, 3.63) is 51.1 Å². The number of carbonyl (C=O) groups excluding carboxylic acids is 1. The van der Waals surface area contributed by atoms with Gasteiger partial charge in [-0.15, -0.1) is 10.2 Å². The number of pyridine rings is 1. The van der Waals surface area contributed by atoms with Gasteiger partial charge in [0.05, 0.1) is 26.4 Å². The number of hydrogen-bond acceptors (Lipinski definition) is 5. The highest BCUT2D eigenvalue weighted by atomic mass is 35.5. The summed E-state index contributed by atoms with van der Waals surface area (Å²) >= 11 is 19.2. The Morgan fingerprint density at radius 2 is 2.04 bits per heavy atom. The number of aromatic nitrogens is 3. The van der Waals surface area contributed by atoms with Crippen LogP contribution in [0.1, 0.15) is 5.56 Å². The monoisotopic (exact) mass is 411 g/mol. The summed E-state index contributed by atoms with van der Waals surface area (Å²) in [7, 11) is 0. The lowest BCUT2D eigenvalue weighted by Crippen LogP contribution is -2.14. The molecule has 6 nitrogen and oxygen atoms in total. The van der Waals surface area contributed by atoms with E-state index in [4.69, 9.17) is 40.1 Å². The molecule has 1 N–H and O–H groups in total. The molecular weight excluding hydrogens is 405 g/mol. The Kier molecular flexibility index (Phi) is 5.35. The first-order valence-corrected chi connectivity index (χ1v) is 8.92. The van der Waals surface area contributed by atoms with Crippen molar-refractivity contribution in [3.63, 3.8) is 0 Å². The van der Waals surface area contributed by atoms with Gasteiger partial charge in [0.25, 0.3) is 0 Å². The third-order valence-electron chi connectivity index (χ3n) is 3.10. The maximum atomic E-state index is 12.1. The average Bonchev–Trinajstić information content (AvgIpc) is 2.96. The predicted octanol–water partition coefficient (Wildman–Crippen LogP) is 4.29. The Hall–Kier alpha value is -1.98. The van der Waals surface area contributed by atoms with Crippen LogP contribution in [0.4, 0.5) is 5.69 Å². The van der Waals surface area contributed by atoms with E-state index in [-0.39, 0.29) is 16.7 Å². The molecule has 0 fully saturated rings. The molecule has 2 heterocycles. The van der Waals surface area contributed by atoms with Crippen LogP contribution in [-0.4, -0.2) is 26.3 Å². The molecule has 10 heteroatoms. The van der Waals surface area contributed by atoms with Crippen molar-refractivity contribution in [3.8, 4) is 6.07 Å². The van der Waals surface area contributed by atoms with E-state index >= 15 is 0 Å². The van der Waals surface area contributed by atoms with Gasteiger partial charge in [-0.1, -0.05) is 46.6 Å². The van der Waals surface area contributed by atoms with Crippen LogP contribution in [0.5, 0.6) is 0 Å². The van der Waals surface area contributed by atoms with Crippen molar-refractivity contribution in [1.29, 1.82) is 5.26 Å². The molecule has 1 amide bonds. The molecular formula is C15H8Cl3N5OS. The summed E-state index contributed by atoms with van der Waals surface area (Å²) in [6.45, 7) is 0. The second-order valence-corrected chi connectivity index (χ2v) is 7.02. The normalized spacial score (nSPS) is 10.6. The van der Waals surface area contributed by atoms with Crippen molar-refractivity contribution >= 4 is 63.8 Å². The van der Waals surface area contributed by atoms with Crippen LogP contribution in [0.2, 0.25) is 15.1 Å². The Labute approximate surface area is 161 Å². The summed E-state index contributed by atoms with van der Waals surface area (Å²) in [6.07, 6.45) is 1.63. The van der Waals surface area contributed by atoms with E-state index in [2.05, 4.69) is 15.5 Å². The first-order valence-electron chi connectivity index (χ1n) is 6.80. The molecule has 25 heavy (non-hydrogen) atoms. The van der Waals surface area contributed by atoms with E-state index in [1.165, 1.54) is 17.8 Å². The predicted molar refractivity (Wildman–Crippen MR) is 98.5 cm³/mol. The van der Waals surface area contributed by atoms with E-state index in [1.54, 1.807) is 28.8 Å². The molecule has 0 radical (unpaired) electrons. The molecule has 126 valence electrons. The lowest BCUT2D eigenvalue weighted by Gasteiger charge is -2.06. The van der Waals surface area contributed by atoms with Gasteiger partial charge in [0.2, 0.25) is 5.91 Å². The molecule has 0 aliphatic heterocycles. The fourth-order valence-corrected chi connectivity index (χ4v) is 3.45. The molecule has 0 unspecified atom stereocenters. The first-order chi connectivity index (χ1) is 12.0. The van der Waals surface area contributed by atoms with Crippen LogP contribution in [0.25, 0.3) is 5.65 Å². The molecule has 0 saturated heterocycles. The van der Waals surface area contributed by atoms with Crippen LogP contribution in [0.15, 0.2) is 35.6 Å².